The highest BCUT2D eigenvalue weighted by Crippen LogP contribution is 2.37. The van der Waals surface area contributed by atoms with Gasteiger partial charge in [-0.3, -0.25) is 0 Å². The largest absolute Gasteiger partial charge is 0.492 e. The lowest BCUT2D eigenvalue weighted by molar-refractivity contribution is 0.345. The highest BCUT2D eigenvalue weighted by Gasteiger charge is 2.07. The van der Waals surface area contributed by atoms with Crippen molar-refractivity contribution < 1.29 is 4.74 Å². The van der Waals surface area contributed by atoms with Crippen LogP contribution in [0.25, 0.3) is 10.1 Å². The maximum Gasteiger partial charge on any atom is 0.137 e. The fraction of sp³-hybridized carbons (Fsp3) is 0.200. The van der Waals surface area contributed by atoms with Crippen molar-refractivity contribution in [1.82, 2.24) is 0 Å². The van der Waals surface area contributed by atoms with Crippen LogP contribution in [0.5, 0.6) is 5.75 Å². The second kappa shape index (κ2) is 3.97. The Morgan fingerprint density at radius 3 is 2.71 bits per heavy atom. The Labute approximate surface area is 96.2 Å². The summed E-state index contributed by atoms with van der Waals surface area (Å²) in [6, 6.07) is 3.72. The monoisotopic (exact) mass is 246 g/mol. The van der Waals surface area contributed by atoms with Crippen LogP contribution in [0.3, 0.4) is 0 Å². The summed E-state index contributed by atoms with van der Waals surface area (Å²) in [4.78, 5) is 0. The van der Waals surface area contributed by atoms with Gasteiger partial charge in [-0.15, -0.1) is 11.3 Å². The normalized spacial score (nSPS) is 10.8. The van der Waals surface area contributed by atoms with Crippen LogP contribution in [0, 0.1) is 0 Å². The Kier molecular flexibility index (Phi) is 2.86. The van der Waals surface area contributed by atoms with Crippen LogP contribution in [0.1, 0.15) is 6.92 Å². The Bertz CT molecular complexity index is 464. The Morgan fingerprint density at radius 2 is 2.00 bits per heavy atom. The molecule has 0 spiro atoms. The van der Waals surface area contributed by atoms with Crippen molar-refractivity contribution in [2.24, 2.45) is 0 Å². The lowest BCUT2D eigenvalue weighted by Gasteiger charge is -2.01. The van der Waals surface area contributed by atoms with Gasteiger partial charge in [0.05, 0.1) is 16.7 Å². The van der Waals surface area contributed by atoms with Gasteiger partial charge in [0.1, 0.15) is 5.75 Å². The predicted octanol–water partition coefficient (Wildman–Crippen LogP) is 4.61. The van der Waals surface area contributed by atoms with Crippen LogP contribution in [0.2, 0.25) is 10.0 Å². The first-order chi connectivity index (χ1) is 6.72. The number of rotatable bonds is 2. The number of hydrogen-bond donors (Lipinski definition) is 0. The van der Waals surface area contributed by atoms with Gasteiger partial charge < -0.3 is 4.74 Å². The molecule has 4 heteroatoms. The minimum Gasteiger partial charge on any atom is -0.492 e. The molecular weight excluding hydrogens is 239 g/mol. The zero-order valence-electron chi connectivity index (χ0n) is 7.51. The molecule has 0 radical (unpaired) electrons. The van der Waals surface area contributed by atoms with E-state index in [0.717, 1.165) is 15.8 Å². The fourth-order valence-electron chi connectivity index (χ4n) is 1.27. The van der Waals surface area contributed by atoms with E-state index in [9.17, 15) is 0 Å². The minimum absolute atomic E-state index is 0.568. The van der Waals surface area contributed by atoms with Gasteiger partial charge in [-0.2, -0.15) is 0 Å². The summed E-state index contributed by atoms with van der Waals surface area (Å²) in [7, 11) is 0. The zero-order valence-corrected chi connectivity index (χ0v) is 9.84. The van der Waals surface area contributed by atoms with E-state index in [-0.39, 0.29) is 0 Å². The van der Waals surface area contributed by atoms with Crippen molar-refractivity contribution in [3.63, 3.8) is 0 Å². The van der Waals surface area contributed by atoms with Gasteiger partial charge in [-0.1, -0.05) is 23.2 Å². The number of fused-ring (bicyclic) bond motifs is 1. The molecule has 0 aliphatic rings. The maximum atomic E-state index is 5.93. The van der Waals surface area contributed by atoms with Gasteiger partial charge in [0.2, 0.25) is 0 Å². The van der Waals surface area contributed by atoms with E-state index >= 15 is 0 Å². The Hall–Kier alpha value is -0.440. The zero-order chi connectivity index (χ0) is 10.1. The van der Waals surface area contributed by atoms with Crippen molar-refractivity contribution in [3.8, 4) is 5.75 Å². The summed E-state index contributed by atoms with van der Waals surface area (Å²) < 4.78 is 6.56. The molecule has 74 valence electrons. The predicted molar refractivity (Wildman–Crippen MR) is 63.0 cm³/mol. The van der Waals surface area contributed by atoms with E-state index in [0.29, 0.717) is 16.7 Å². The second-order valence-corrected chi connectivity index (χ2v) is 4.52. The van der Waals surface area contributed by atoms with E-state index in [1.54, 1.807) is 11.3 Å². The van der Waals surface area contributed by atoms with E-state index in [2.05, 4.69) is 0 Å². The van der Waals surface area contributed by atoms with Crippen molar-refractivity contribution >= 4 is 44.6 Å². The van der Waals surface area contributed by atoms with Crippen molar-refractivity contribution in [3.05, 3.63) is 27.6 Å². The number of hydrogen-bond acceptors (Lipinski definition) is 2. The van der Waals surface area contributed by atoms with Crippen molar-refractivity contribution in [2.75, 3.05) is 6.61 Å². The lowest BCUT2D eigenvalue weighted by atomic mass is 10.2. The average molecular weight is 247 g/mol. The standard InChI is InChI=1S/C10H8Cl2OS/c1-2-13-9-5-14-10-4-8(12)7(11)3-6(9)10/h3-5H,2H2,1H3. The summed E-state index contributed by atoms with van der Waals surface area (Å²) >= 11 is 13.5. The first kappa shape index (κ1) is 10.1. The molecule has 0 unspecified atom stereocenters. The number of halogens is 2. The second-order valence-electron chi connectivity index (χ2n) is 2.80. The number of benzene rings is 1. The van der Waals surface area contributed by atoms with Crippen molar-refractivity contribution in [2.45, 2.75) is 6.92 Å². The van der Waals surface area contributed by atoms with E-state index in [4.69, 9.17) is 27.9 Å². The van der Waals surface area contributed by atoms with Gasteiger partial charge in [0.15, 0.2) is 0 Å². The molecule has 0 aliphatic heterocycles. The summed E-state index contributed by atoms with van der Waals surface area (Å²) in [6.07, 6.45) is 0. The molecule has 14 heavy (non-hydrogen) atoms. The number of ether oxygens (including phenoxy) is 1. The molecule has 0 fully saturated rings. The molecule has 0 atom stereocenters. The first-order valence-electron chi connectivity index (χ1n) is 4.21. The van der Waals surface area contributed by atoms with Crippen LogP contribution < -0.4 is 4.74 Å². The molecule has 0 aliphatic carbocycles. The molecule has 0 N–H and O–H groups in total. The quantitative estimate of drug-likeness (QED) is 0.753. The van der Waals surface area contributed by atoms with Crippen LogP contribution in [-0.4, -0.2) is 6.61 Å². The van der Waals surface area contributed by atoms with Crippen LogP contribution in [0.4, 0.5) is 0 Å². The molecule has 1 nitrogen and oxygen atoms in total. The van der Waals surface area contributed by atoms with Gasteiger partial charge in [0, 0.05) is 15.5 Å². The minimum atomic E-state index is 0.568. The summed E-state index contributed by atoms with van der Waals surface area (Å²) in [5.41, 5.74) is 0. The lowest BCUT2D eigenvalue weighted by Crippen LogP contribution is -1.89. The number of thiophene rings is 1. The third-order valence-electron chi connectivity index (χ3n) is 1.88. The summed E-state index contributed by atoms with van der Waals surface area (Å²) in [5, 5.41) is 4.16. The fourth-order valence-corrected chi connectivity index (χ4v) is 2.56. The first-order valence-corrected chi connectivity index (χ1v) is 5.85. The van der Waals surface area contributed by atoms with Crippen LogP contribution in [-0.2, 0) is 0 Å². The molecule has 0 saturated carbocycles. The van der Waals surface area contributed by atoms with Crippen LogP contribution >= 0.6 is 34.5 Å². The molecular formula is C10H8Cl2OS. The Morgan fingerprint density at radius 1 is 1.29 bits per heavy atom. The molecule has 1 aromatic carbocycles. The average Bonchev–Trinajstić information content (AvgIpc) is 2.51. The highest BCUT2D eigenvalue weighted by molar-refractivity contribution is 7.17. The van der Waals surface area contributed by atoms with Gasteiger partial charge in [-0.25, -0.2) is 0 Å². The van der Waals surface area contributed by atoms with E-state index in [1.165, 1.54) is 0 Å². The summed E-state index contributed by atoms with van der Waals surface area (Å²) in [6.45, 7) is 2.62. The highest BCUT2D eigenvalue weighted by atomic mass is 35.5. The van der Waals surface area contributed by atoms with E-state index < -0.39 is 0 Å². The molecule has 1 heterocycles. The summed E-state index contributed by atoms with van der Waals surface area (Å²) in [5.74, 6) is 0.881. The SMILES string of the molecule is CCOc1csc2cc(Cl)c(Cl)cc12. The van der Waals surface area contributed by atoms with Crippen molar-refractivity contribution in [1.29, 1.82) is 0 Å². The molecule has 0 amide bonds. The molecule has 2 rings (SSSR count). The smallest absolute Gasteiger partial charge is 0.137 e. The topological polar surface area (TPSA) is 9.23 Å². The molecule has 0 saturated heterocycles. The third-order valence-corrected chi connectivity index (χ3v) is 3.53. The third kappa shape index (κ3) is 1.70. The molecule has 0 bridgehead atoms. The van der Waals surface area contributed by atoms with E-state index in [1.807, 2.05) is 24.4 Å². The van der Waals surface area contributed by atoms with Crippen LogP contribution in [0.15, 0.2) is 17.5 Å². The van der Waals surface area contributed by atoms with Gasteiger partial charge in [0.25, 0.3) is 0 Å². The van der Waals surface area contributed by atoms with Gasteiger partial charge in [-0.05, 0) is 19.1 Å². The Balaban J connectivity index is 2.61. The molecule has 2 aromatic rings. The maximum absolute atomic E-state index is 5.93. The van der Waals surface area contributed by atoms with Gasteiger partial charge >= 0.3 is 0 Å². The molecule has 1 aromatic heterocycles.